The van der Waals surface area contributed by atoms with Crippen LogP contribution < -0.4 is 4.74 Å². The molecule has 1 unspecified atom stereocenters. The van der Waals surface area contributed by atoms with E-state index in [-0.39, 0.29) is 5.91 Å². The fourth-order valence-electron chi connectivity index (χ4n) is 2.60. The molecule has 104 valence electrons. The van der Waals surface area contributed by atoms with Crippen LogP contribution in [0, 0.1) is 6.92 Å². The second kappa shape index (κ2) is 4.85. The molecule has 1 aliphatic heterocycles. The highest BCUT2D eigenvalue weighted by Crippen LogP contribution is 2.31. The molecule has 4 heteroatoms. The molecule has 0 aromatic heterocycles. The Bertz CT molecular complexity index is 496. The molecule has 2 rings (SSSR count). The first-order valence-electron chi connectivity index (χ1n) is 6.52. The molecule has 0 radical (unpaired) electrons. The number of carbonyl (C=O) groups is 1. The van der Waals surface area contributed by atoms with Crippen LogP contribution in [0.15, 0.2) is 18.2 Å². The molecule has 0 saturated carbocycles. The fourth-order valence-corrected chi connectivity index (χ4v) is 2.60. The molecule has 0 aliphatic carbocycles. The third-order valence-electron chi connectivity index (χ3n) is 4.02. The zero-order chi connectivity index (χ0) is 14.2. The minimum absolute atomic E-state index is 0.0349. The van der Waals surface area contributed by atoms with Crippen LogP contribution in [0.4, 0.5) is 0 Å². The molecular formula is C15H21NO3. The lowest BCUT2D eigenvalue weighted by molar-refractivity contribution is 0.0394. The van der Waals surface area contributed by atoms with Gasteiger partial charge >= 0.3 is 0 Å². The molecule has 1 saturated heterocycles. The average molecular weight is 263 g/mol. The highest BCUT2D eigenvalue weighted by Gasteiger charge is 2.43. The quantitative estimate of drug-likeness (QED) is 0.887. The van der Waals surface area contributed by atoms with E-state index >= 15 is 0 Å². The Hall–Kier alpha value is -1.55. The molecule has 0 spiro atoms. The van der Waals surface area contributed by atoms with Crippen molar-refractivity contribution in [3.63, 3.8) is 0 Å². The number of aliphatic hydroxyl groups excluding tert-OH is 1. The van der Waals surface area contributed by atoms with Gasteiger partial charge in [-0.3, -0.25) is 4.79 Å². The number of nitrogens with zero attached hydrogens (tertiary/aromatic N) is 1. The number of likely N-dealkylation sites (tertiary alicyclic amines) is 1. The Morgan fingerprint density at radius 2 is 2.16 bits per heavy atom. The van der Waals surface area contributed by atoms with Crippen molar-refractivity contribution in [1.29, 1.82) is 0 Å². The van der Waals surface area contributed by atoms with E-state index < -0.39 is 11.6 Å². The summed E-state index contributed by atoms with van der Waals surface area (Å²) >= 11 is 0. The normalized spacial score (nSPS) is 21.5. The van der Waals surface area contributed by atoms with Crippen molar-refractivity contribution in [2.45, 2.75) is 38.8 Å². The maximum absolute atomic E-state index is 12.5. The van der Waals surface area contributed by atoms with Gasteiger partial charge in [-0.25, -0.2) is 0 Å². The van der Waals surface area contributed by atoms with Gasteiger partial charge in [0.1, 0.15) is 5.75 Å². The number of aryl methyl sites for hydroxylation is 1. The minimum Gasteiger partial charge on any atom is -0.496 e. The molecule has 1 aliphatic rings. The number of hydrogen-bond donors (Lipinski definition) is 1. The highest BCUT2D eigenvalue weighted by molar-refractivity contribution is 5.95. The van der Waals surface area contributed by atoms with E-state index in [1.807, 2.05) is 32.9 Å². The van der Waals surface area contributed by atoms with Gasteiger partial charge in [-0.2, -0.15) is 0 Å². The van der Waals surface area contributed by atoms with Crippen molar-refractivity contribution < 1.29 is 14.6 Å². The van der Waals surface area contributed by atoms with E-state index in [4.69, 9.17) is 4.74 Å². The highest BCUT2D eigenvalue weighted by atomic mass is 16.5. The summed E-state index contributed by atoms with van der Waals surface area (Å²) in [6, 6.07) is 5.42. The Labute approximate surface area is 114 Å². The second-order valence-electron chi connectivity index (χ2n) is 5.60. The standard InChI is InChI=1S/C15H21NO3/c1-10-9-11(5-6-12(10)19-4)14(18)16-8-7-13(17)15(16,2)3/h5-6,9,13,17H,7-8H2,1-4H3. The SMILES string of the molecule is COc1ccc(C(=O)N2CCC(O)C2(C)C)cc1C. The van der Waals surface area contributed by atoms with Gasteiger partial charge in [0.15, 0.2) is 0 Å². The summed E-state index contributed by atoms with van der Waals surface area (Å²) in [5.74, 6) is 0.740. The lowest BCUT2D eigenvalue weighted by atomic mass is 9.98. The van der Waals surface area contributed by atoms with Crippen LogP contribution in [0.5, 0.6) is 5.75 Å². The monoisotopic (exact) mass is 263 g/mol. The summed E-state index contributed by atoms with van der Waals surface area (Å²) in [6.45, 7) is 6.32. The van der Waals surface area contributed by atoms with Gasteiger partial charge in [0, 0.05) is 12.1 Å². The zero-order valence-corrected chi connectivity index (χ0v) is 11.9. The first-order valence-corrected chi connectivity index (χ1v) is 6.52. The number of ether oxygens (including phenoxy) is 1. The molecule has 1 fully saturated rings. The van der Waals surface area contributed by atoms with Crippen LogP contribution in [-0.2, 0) is 0 Å². The fraction of sp³-hybridized carbons (Fsp3) is 0.533. The smallest absolute Gasteiger partial charge is 0.254 e. The van der Waals surface area contributed by atoms with Crippen LogP contribution in [0.2, 0.25) is 0 Å². The molecule has 1 N–H and O–H groups in total. The lowest BCUT2D eigenvalue weighted by Gasteiger charge is -2.34. The summed E-state index contributed by atoms with van der Waals surface area (Å²) in [4.78, 5) is 14.3. The lowest BCUT2D eigenvalue weighted by Crippen LogP contribution is -2.48. The molecule has 1 amide bonds. The van der Waals surface area contributed by atoms with Gasteiger partial charge < -0.3 is 14.7 Å². The number of amides is 1. The molecule has 19 heavy (non-hydrogen) atoms. The predicted octanol–water partition coefficient (Wildman–Crippen LogP) is 1.99. The number of hydrogen-bond acceptors (Lipinski definition) is 3. The van der Waals surface area contributed by atoms with Crippen LogP contribution in [0.3, 0.4) is 0 Å². The van der Waals surface area contributed by atoms with Crippen LogP contribution >= 0.6 is 0 Å². The van der Waals surface area contributed by atoms with E-state index in [1.54, 1.807) is 18.1 Å². The van der Waals surface area contributed by atoms with Gasteiger partial charge in [0.05, 0.1) is 18.8 Å². The van der Waals surface area contributed by atoms with Crippen molar-refractivity contribution >= 4 is 5.91 Å². The predicted molar refractivity (Wildman–Crippen MR) is 73.5 cm³/mol. The van der Waals surface area contributed by atoms with Crippen molar-refractivity contribution in [3.8, 4) is 5.75 Å². The maximum Gasteiger partial charge on any atom is 0.254 e. The van der Waals surface area contributed by atoms with E-state index in [9.17, 15) is 9.90 Å². The number of methoxy groups -OCH3 is 1. The van der Waals surface area contributed by atoms with Crippen LogP contribution in [0.25, 0.3) is 0 Å². The minimum atomic E-state index is -0.509. The van der Waals surface area contributed by atoms with E-state index in [0.29, 0.717) is 18.5 Å². The Morgan fingerprint density at radius 1 is 1.47 bits per heavy atom. The number of aliphatic hydroxyl groups is 1. The number of rotatable bonds is 2. The maximum atomic E-state index is 12.5. The summed E-state index contributed by atoms with van der Waals surface area (Å²) in [5, 5.41) is 9.95. The van der Waals surface area contributed by atoms with Crippen LogP contribution in [-0.4, -0.2) is 41.2 Å². The molecule has 1 heterocycles. The summed E-state index contributed by atoms with van der Waals surface area (Å²) in [7, 11) is 1.61. The topological polar surface area (TPSA) is 49.8 Å². The van der Waals surface area contributed by atoms with E-state index in [1.165, 1.54) is 0 Å². The zero-order valence-electron chi connectivity index (χ0n) is 11.9. The van der Waals surface area contributed by atoms with Crippen molar-refractivity contribution in [2.75, 3.05) is 13.7 Å². The van der Waals surface area contributed by atoms with Crippen LogP contribution in [0.1, 0.15) is 36.2 Å². The van der Waals surface area contributed by atoms with Gasteiger partial charge in [-0.1, -0.05) is 0 Å². The van der Waals surface area contributed by atoms with Gasteiger partial charge in [-0.15, -0.1) is 0 Å². The molecule has 1 aromatic carbocycles. The van der Waals surface area contributed by atoms with Gasteiger partial charge in [-0.05, 0) is 51.0 Å². The van der Waals surface area contributed by atoms with Gasteiger partial charge in [0.25, 0.3) is 5.91 Å². The van der Waals surface area contributed by atoms with E-state index in [0.717, 1.165) is 11.3 Å². The molecular weight excluding hydrogens is 242 g/mol. The molecule has 0 bridgehead atoms. The van der Waals surface area contributed by atoms with Crippen molar-refractivity contribution in [3.05, 3.63) is 29.3 Å². The molecule has 1 aromatic rings. The third kappa shape index (κ3) is 2.32. The summed E-state index contributed by atoms with van der Waals surface area (Å²) in [6.07, 6.45) is 0.171. The Kier molecular flexibility index (Phi) is 3.54. The molecule has 4 nitrogen and oxygen atoms in total. The summed E-state index contributed by atoms with van der Waals surface area (Å²) < 4.78 is 5.20. The van der Waals surface area contributed by atoms with Crippen molar-refractivity contribution in [1.82, 2.24) is 4.90 Å². The first kappa shape index (κ1) is 13.9. The summed E-state index contributed by atoms with van der Waals surface area (Å²) in [5.41, 5.74) is 1.07. The Morgan fingerprint density at radius 3 is 2.63 bits per heavy atom. The van der Waals surface area contributed by atoms with E-state index in [2.05, 4.69) is 0 Å². The first-order chi connectivity index (χ1) is 8.87. The Balaban J connectivity index is 2.28. The third-order valence-corrected chi connectivity index (χ3v) is 4.02. The second-order valence-corrected chi connectivity index (χ2v) is 5.60. The number of carbonyl (C=O) groups excluding carboxylic acids is 1. The van der Waals surface area contributed by atoms with Crippen molar-refractivity contribution in [2.24, 2.45) is 0 Å². The average Bonchev–Trinajstić information content (AvgIpc) is 2.63. The largest absolute Gasteiger partial charge is 0.496 e. The number of benzene rings is 1. The molecule has 1 atom stereocenters. The van der Waals surface area contributed by atoms with Gasteiger partial charge in [0.2, 0.25) is 0 Å².